The Morgan fingerprint density at radius 1 is 0.778 bits per heavy atom. The van der Waals surface area contributed by atoms with Crippen LogP contribution >= 0.6 is 11.8 Å². The van der Waals surface area contributed by atoms with Gasteiger partial charge in [-0.05, 0) is 50.7 Å². The van der Waals surface area contributed by atoms with Crippen LogP contribution in [-0.4, -0.2) is 88.5 Å². The number of carboxylic acid groups (broad SMARTS) is 2. The summed E-state index contributed by atoms with van der Waals surface area (Å²) >= 11 is 1.43. The van der Waals surface area contributed by atoms with E-state index in [1.165, 1.54) is 11.8 Å². The summed E-state index contributed by atoms with van der Waals surface area (Å²) in [6.45, 7) is 0.459. The van der Waals surface area contributed by atoms with E-state index >= 15 is 0 Å². The summed E-state index contributed by atoms with van der Waals surface area (Å²) in [5.74, 6) is -5.18. The van der Waals surface area contributed by atoms with Gasteiger partial charge in [-0.15, -0.1) is 0 Å². The first-order valence-electron chi connectivity index (χ1n) is 11.5. The summed E-state index contributed by atoms with van der Waals surface area (Å²) in [6.07, 6.45) is 2.30. The highest BCUT2D eigenvalue weighted by Crippen LogP contribution is 2.07. The third kappa shape index (κ3) is 14.5. The number of carbonyl (C=O) groups is 6. The predicted molar refractivity (Wildman–Crippen MR) is 133 cm³/mol. The van der Waals surface area contributed by atoms with E-state index < -0.39 is 66.2 Å². The van der Waals surface area contributed by atoms with E-state index in [0.29, 0.717) is 31.6 Å². The summed E-state index contributed by atoms with van der Waals surface area (Å²) in [7, 11) is 0. The lowest BCUT2D eigenvalue weighted by molar-refractivity contribution is -0.143. The van der Waals surface area contributed by atoms with Crippen LogP contribution in [0, 0.1) is 0 Å². The van der Waals surface area contributed by atoms with E-state index in [0.717, 1.165) is 0 Å². The molecule has 0 saturated carbocycles. The number of unbranched alkanes of at least 4 members (excludes halogenated alkanes) is 1. The van der Waals surface area contributed by atoms with Crippen LogP contribution in [0.4, 0.5) is 0 Å². The SMILES string of the molecule is CSCC[C@H](NC(=O)[C@@H](N)CCCCN)C(=O)N[C@@H](CCC(N)=O)C(=O)N[C@@H](CCC(=O)O)C(=O)O. The molecule has 0 bridgehead atoms. The Bertz CT molecular complexity index is 769. The maximum atomic E-state index is 13.0. The smallest absolute Gasteiger partial charge is 0.326 e. The van der Waals surface area contributed by atoms with Crippen LogP contribution in [0.15, 0.2) is 0 Å². The Balaban J connectivity index is 5.48. The van der Waals surface area contributed by atoms with Crippen molar-refractivity contribution in [2.45, 2.75) is 75.5 Å². The van der Waals surface area contributed by atoms with Crippen molar-refractivity contribution in [2.75, 3.05) is 18.6 Å². The molecule has 0 aliphatic carbocycles. The van der Waals surface area contributed by atoms with E-state index in [1.54, 1.807) is 0 Å². The molecule has 0 aromatic rings. The first kappa shape index (κ1) is 33.1. The maximum Gasteiger partial charge on any atom is 0.326 e. The first-order valence-corrected chi connectivity index (χ1v) is 12.9. The minimum Gasteiger partial charge on any atom is -0.481 e. The molecule has 0 spiro atoms. The average molecular weight is 535 g/mol. The van der Waals surface area contributed by atoms with Gasteiger partial charge in [0.05, 0.1) is 6.04 Å². The molecule has 0 unspecified atom stereocenters. The van der Waals surface area contributed by atoms with Crippen molar-refractivity contribution in [3.05, 3.63) is 0 Å². The molecular formula is C21H38N6O8S. The normalized spacial score (nSPS) is 14.1. The van der Waals surface area contributed by atoms with Crippen molar-refractivity contribution in [2.24, 2.45) is 17.2 Å². The Labute approximate surface area is 213 Å². The minimum absolute atomic E-state index is 0.217. The molecule has 0 heterocycles. The summed E-state index contributed by atoms with van der Waals surface area (Å²) < 4.78 is 0. The van der Waals surface area contributed by atoms with Crippen LogP contribution in [0.25, 0.3) is 0 Å². The van der Waals surface area contributed by atoms with Crippen molar-refractivity contribution >= 4 is 47.3 Å². The van der Waals surface area contributed by atoms with Crippen molar-refractivity contribution in [1.82, 2.24) is 16.0 Å². The van der Waals surface area contributed by atoms with Gasteiger partial charge < -0.3 is 43.4 Å². The Morgan fingerprint density at radius 2 is 1.31 bits per heavy atom. The van der Waals surface area contributed by atoms with E-state index in [-0.39, 0.29) is 25.7 Å². The maximum absolute atomic E-state index is 13.0. The number of rotatable bonds is 20. The Morgan fingerprint density at radius 3 is 1.81 bits per heavy atom. The second-order valence-electron chi connectivity index (χ2n) is 8.13. The van der Waals surface area contributed by atoms with Crippen LogP contribution in [0.3, 0.4) is 0 Å². The van der Waals surface area contributed by atoms with Gasteiger partial charge in [0.1, 0.15) is 18.1 Å². The molecule has 4 atom stereocenters. The quantitative estimate of drug-likeness (QED) is 0.0782. The van der Waals surface area contributed by atoms with E-state index in [4.69, 9.17) is 22.3 Å². The Kier molecular flexibility index (Phi) is 16.9. The van der Waals surface area contributed by atoms with Crippen LogP contribution in [0.1, 0.15) is 51.4 Å². The number of hydrogen-bond donors (Lipinski definition) is 8. The van der Waals surface area contributed by atoms with Gasteiger partial charge in [-0.2, -0.15) is 11.8 Å². The molecule has 36 heavy (non-hydrogen) atoms. The molecule has 14 nitrogen and oxygen atoms in total. The number of carbonyl (C=O) groups excluding carboxylic acids is 4. The Hall–Kier alpha value is -2.91. The van der Waals surface area contributed by atoms with Gasteiger partial charge in [0, 0.05) is 12.8 Å². The first-order chi connectivity index (χ1) is 16.9. The van der Waals surface area contributed by atoms with Gasteiger partial charge in [0.2, 0.25) is 23.6 Å². The van der Waals surface area contributed by atoms with Crippen molar-refractivity contribution < 1.29 is 39.0 Å². The third-order valence-electron chi connectivity index (χ3n) is 5.12. The fourth-order valence-corrected chi connectivity index (χ4v) is 3.52. The molecule has 0 rings (SSSR count). The molecule has 0 radical (unpaired) electrons. The van der Waals surface area contributed by atoms with Gasteiger partial charge >= 0.3 is 11.9 Å². The zero-order valence-corrected chi connectivity index (χ0v) is 21.2. The number of nitrogens with two attached hydrogens (primary N) is 3. The molecule has 11 N–H and O–H groups in total. The predicted octanol–water partition coefficient (Wildman–Crippen LogP) is -2.13. The number of nitrogens with one attached hydrogen (secondary N) is 3. The third-order valence-corrected chi connectivity index (χ3v) is 5.77. The highest BCUT2D eigenvalue weighted by molar-refractivity contribution is 7.98. The monoisotopic (exact) mass is 534 g/mol. The van der Waals surface area contributed by atoms with Gasteiger partial charge in [0.25, 0.3) is 0 Å². The molecular weight excluding hydrogens is 496 g/mol. The largest absolute Gasteiger partial charge is 0.481 e. The number of amides is 4. The standard InChI is InChI=1S/C21H38N6O8S/c1-36-11-9-14(25-18(31)12(23)4-2-3-10-22)20(33)26-13(5-7-16(24)28)19(32)27-15(21(34)35)6-8-17(29)30/h12-15H,2-11,22-23H2,1H3,(H2,24,28)(H,25,31)(H,26,33)(H,27,32)(H,29,30)(H,34,35)/t12-,13-,14-,15-/m0/s1. The van der Waals surface area contributed by atoms with Crippen molar-refractivity contribution in [1.29, 1.82) is 0 Å². The number of thioether (sulfide) groups is 1. The van der Waals surface area contributed by atoms with Gasteiger partial charge in [-0.25, -0.2) is 4.79 Å². The van der Waals surface area contributed by atoms with Crippen molar-refractivity contribution in [3.8, 4) is 0 Å². The summed E-state index contributed by atoms with van der Waals surface area (Å²) in [5.41, 5.74) is 16.5. The molecule has 0 fully saturated rings. The highest BCUT2D eigenvalue weighted by atomic mass is 32.2. The number of aliphatic carboxylic acids is 2. The number of hydrogen-bond acceptors (Lipinski definition) is 9. The molecule has 0 aliphatic heterocycles. The highest BCUT2D eigenvalue weighted by Gasteiger charge is 2.30. The van der Waals surface area contributed by atoms with Crippen LogP contribution in [0.5, 0.6) is 0 Å². The lowest BCUT2D eigenvalue weighted by Gasteiger charge is -2.25. The summed E-state index contributed by atoms with van der Waals surface area (Å²) in [4.78, 5) is 71.7. The topological polar surface area (TPSA) is 257 Å². The second kappa shape index (κ2) is 18.4. The summed E-state index contributed by atoms with van der Waals surface area (Å²) in [5, 5.41) is 25.3. The van der Waals surface area contributed by atoms with Crippen LogP contribution in [-0.2, 0) is 28.8 Å². The van der Waals surface area contributed by atoms with E-state index in [2.05, 4.69) is 16.0 Å². The second-order valence-corrected chi connectivity index (χ2v) is 9.12. The molecule has 15 heteroatoms. The molecule has 206 valence electrons. The van der Waals surface area contributed by atoms with E-state index in [9.17, 15) is 33.9 Å². The molecule has 0 aromatic heterocycles. The van der Waals surface area contributed by atoms with Gasteiger partial charge in [0.15, 0.2) is 0 Å². The summed E-state index contributed by atoms with van der Waals surface area (Å²) in [6, 6.07) is -4.79. The van der Waals surface area contributed by atoms with Crippen LogP contribution in [0.2, 0.25) is 0 Å². The number of primary amides is 1. The fourth-order valence-electron chi connectivity index (χ4n) is 3.05. The molecule has 0 saturated heterocycles. The van der Waals surface area contributed by atoms with Gasteiger partial charge in [-0.1, -0.05) is 6.42 Å². The van der Waals surface area contributed by atoms with Crippen LogP contribution < -0.4 is 33.2 Å². The lowest BCUT2D eigenvalue weighted by Crippen LogP contribution is -2.57. The molecule has 4 amide bonds. The zero-order chi connectivity index (χ0) is 27.7. The van der Waals surface area contributed by atoms with E-state index in [1.807, 2.05) is 6.26 Å². The lowest BCUT2D eigenvalue weighted by atomic mass is 10.1. The molecule has 0 aromatic carbocycles. The van der Waals surface area contributed by atoms with Gasteiger partial charge in [-0.3, -0.25) is 24.0 Å². The van der Waals surface area contributed by atoms with Crippen molar-refractivity contribution in [3.63, 3.8) is 0 Å². The zero-order valence-electron chi connectivity index (χ0n) is 20.4. The average Bonchev–Trinajstić information content (AvgIpc) is 2.80. The minimum atomic E-state index is -1.53. The molecule has 0 aliphatic rings. The number of carboxylic acids is 2. The fraction of sp³-hybridized carbons (Fsp3) is 0.714.